The maximum Gasteiger partial charge on any atom is 0.257 e. The lowest BCUT2D eigenvalue weighted by Crippen LogP contribution is -2.52. The second kappa shape index (κ2) is 9.36. The molecule has 5 nitrogen and oxygen atoms in total. The Kier molecular flexibility index (Phi) is 6.76. The summed E-state index contributed by atoms with van der Waals surface area (Å²) in [6.45, 7) is 0.528. The molecular weight excluding hydrogens is 490 g/mol. The number of ether oxygens (including phenoxy) is 2. The van der Waals surface area contributed by atoms with Crippen molar-refractivity contribution in [1.82, 2.24) is 5.32 Å². The number of fused-ring (bicyclic) bond motifs is 1. The number of aliphatic imine (C=N–C) groups is 1. The Labute approximate surface area is 191 Å². The molecule has 1 amide bonds. The Morgan fingerprint density at radius 2 is 2.10 bits per heavy atom. The number of methoxy groups -OCH3 is 1. The Balaban J connectivity index is 1.71. The van der Waals surface area contributed by atoms with Crippen LogP contribution >= 0.6 is 27.7 Å². The van der Waals surface area contributed by atoms with Crippen LogP contribution in [0.2, 0.25) is 0 Å². The summed E-state index contributed by atoms with van der Waals surface area (Å²) in [5.74, 6) is -1.14. The van der Waals surface area contributed by atoms with Gasteiger partial charge in [-0.1, -0.05) is 30.0 Å². The van der Waals surface area contributed by atoms with E-state index < -0.39 is 17.2 Å². The van der Waals surface area contributed by atoms with Crippen molar-refractivity contribution < 1.29 is 23.0 Å². The Bertz CT molecular complexity index is 1010. The highest BCUT2D eigenvalue weighted by Gasteiger charge is 2.50. The van der Waals surface area contributed by atoms with Crippen LogP contribution in [-0.4, -0.2) is 43.3 Å². The minimum atomic E-state index is -1.07. The highest BCUT2D eigenvalue weighted by molar-refractivity contribution is 9.10. The summed E-state index contributed by atoms with van der Waals surface area (Å²) in [5.41, 5.74) is -0.333. The molecule has 0 bridgehead atoms. The summed E-state index contributed by atoms with van der Waals surface area (Å²) in [4.78, 5) is 17.4. The van der Waals surface area contributed by atoms with E-state index in [-0.39, 0.29) is 34.6 Å². The van der Waals surface area contributed by atoms with Crippen molar-refractivity contribution in [2.75, 3.05) is 26.1 Å². The van der Waals surface area contributed by atoms with E-state index in [9.17, 15) is 13.6 Å². The first-order valence-electron chi connectivity index (χ1n) is 9.77. The molecule has 2 aromatic carbocycles. The molecule has 1 unspecified atom stereocenters. The van der Waals surface area contributed by atoms with Gasteiger partial charge in [-0.2, -0.15) is 0 Å². The van der Waals surface area contributed by atoms with Crippen LogP contribution in [0.1, 0.15) is 22.3 Å². The van der Waals surface area contributed by atoms with E-state index in [1.807, 2.05) is 6.07 Å². The number of nitrogens with zero attached hydrogens (tertiary/aromatic N) is 1. The molecule has 164 valence electrons. The smallest absolute Gasteiger partial charge is 0.257 e. The number of halogens is 3. The van der Waals surface area contributed by atoms with Crippen molar-refractivity contribution in [2.45, 2.75) is 18.1 Å². The quantitative estimate of drug-likeness (QED) is 0.614. The molecule has 0 spiro atoms. The lowest BCUT2D eigenvalue weighted by Gasteiger charge is -2.46. The zero-order valence-electron chi connectivity index (χ0n) is 16.7. The van der Waals surface area contributed by atoms with Gasteiger partial charge in [0.15, 0.2) is 5.17 Å². The maximum atomic E-state index is 15.0. The Hall–Kier alpha value is -1.81. The van der Waals surface area contributed by atoms with Gasteiger partial charge in [-0.25, -0.2) is 13.8 Å². The number of rotatable bonds is 4. The number of nitrogens with one attached hydrogen (secondary N) is 1. The highest BCUT2D eigenvalue weighted by atomic mass is 79.9. The number of amides is 1. The number of thioether (sulfide) groups is 1. The van der Waals surface area contributed by atoms with Crippen molar-refractivity contribution >= 4 is 38.8 Å². The molecule has 0 radical (unpaired) electrons. The molecule has 2 aliphatic heterocycles. The SMILES string of the molecule is COCC1C[C@H]2CSC(NC(=O)c3ccccc3)=N[C@@]2(c2cc(Br)c(F)cc2F)CO1. The van der Waals surface area contributed by atoms with Crippen molar-refractivity contribution in [3.63, 3.8) is 0 Å². The number of carbonyl (C=O) groups excluding carboxylic acids is 1. The zero-order chi connectivity index (χ0) is 22.0. The molecule has 3 atom stereocenters. The first-order chi connectivity index (χ1) is 14.9. The maximum absolute atomic E-state index is 15.0. The summed E-state index contributed by atoms with van der Waals surface area (Å²) in [6.07, 6.45) is 0.477. The van der Waals surface area contributed by atoms with Crippen molar-refractivity contribution in [3.8, 4) is 0 Å². The van der Waals surface area contributed by atoms with E-state index in [2.05, 4.69) is 21.2 Å². The Morgan fingerprint density at radius 3 is 2.84 bits per heavy atom. The summed E-state index contributed by atoms with van der Waals surface area (Å²) in [7, 11) is 1.60. The van der Waals surface area contributed by atoms with Crippen LogP contribution in [0.3, 0.4) is 0 Å². The standard InChI is InChI=1S/C22H21BrF2N2O3S/c1-29-10-15-7-14-11-31-21(26-20(28)13-5-3-2-4-6-13)27-22(14,12-30-15)16-8-17(23)19(25)9-18(16)24/h2-6,8-9,14-15H,7,10-12H2,1H3,(H,26,27,28)/t14-,15?,22-/m0/s1. The molecule has 2 aliphatic rings. The third-order valence-electron chi connectivity index (χ3n) is 5.57. The van der Waals surface area contributed by atoms with Gasteiger partial charge in [0.1, 0.15) is 17.2 Å². The third kappa shape index (κ3) is 4.55. The second-order valence-electron chi connectivity index (χ2n) is 7.54. The number of benzene rings is 2. The summed E-state index contributed by atoms with van der Waals surface area (Å²) in [6, 6.07) is 11.1. The topological polar surface area (TPSA) is 59.9 Å². The average Bonchev–Trinajstić information content (AvgIpc) is 2.77. The number of carbonyl (C=O) groups is 1. The molecule has 1 fully saturated rings. The second-order valence-corrected chi connectivity index (χ2v) is 9.40. The van der Waals surface area contributed by atoms with E-state index in [0.717, 1.165) is 6.07 Å². The summed E-state index contributed by atoms with van der Waals surface area (Å²) < 4.78 is 40.2. The van der Waals surface area contributed by atoms with Gasteiger partial charge >= 0.3 is 0 Å². The molecule has 0 saturated carbocycles. The molecular formula is C22H21BrF2N2O3S. The van der Waals surface area contributed by atoms with Gasteiger partial charge < -0.3 is 14.8 Å². The van der Waals surface area contributed by atoms with Crippen molar-refractivity contribution in [3.05, 3.63) is 69.7 Å². The number of amidine groups is 1. The fourth-order valence-electron chi connectivity index (χ4n) is 4.00. The molecule has 1 N–H and O–H groups in total. The molecule has 9 heteroatoms. The average molecular weight is 511 g/mol. The fraction of sp³-hybridized carbons (Fsp3) is 0.364. The van der Waals surface area contributed by atoms with Gasteiger partial charge in [-0.15, -0.1) is 0 Å². The predicted molar refractivity (Wildman–Crippen MR) is 119 cm³/mol. The first-order valence-corrected chi connectivity index (χ1v) is 11.6. The van der Waals surface area contributed by atoms with Crippen LogP contribution in [0.25, 0.3) is 0 Å². The van der Waals surface area contributed by atoms with Crippen LogP contribution in [-0.2, 0) is 15.0 Å². The molecule has 2 heterocycles. The Morgan fingerprint density at radius 1 is 1.32 bits per heavy atom. The van der Waals surface area contributed by atoms with Gasteiger partial charge in [0, 0.05) is 36.0 Å². The van der Waals surface area contributed by atoms with Crippen molar-refractivity contribution in [1.29, 1.82) is 0 Å². The van der Waals surface area contributed by atoms with Gasteiger partial charge in [-0.3, -0.25) is 4.79 Å². The van der Waals surface area contributed by atoms with Crippen LogP contribution < -0.4 is 5.32 Å². The van der Waals surface area contributed by atoms with Crippen molar-refractivity contribution in [2.24, 2.45) is 10.9 Å². The minimum Gasteiger partial charge on any atom is -0.382 e. The van der Waals surface area contributed by atoms with Gasteiger partial charge in [0.2, 0.25) is 0 Å². The van der Waals surface area contributed by atoms with E-state index in [1.165, 1.54) is 17.8 Å². The fourth-order valence-corrected chi connectivity index (χ4v) is 5.51. The van der Waals surface area contributed by atoms with Crippen LogP contribution in [0, 0.1) is 17.6 Å². The molecule has 4 rings (SSSR count). The van der Waals surface area contributed by atoms with Crippen LogP contribution in [0.15, 0.2) is 51.9 Å². The normalized spacial score (nSPS) is 25.5. The van der Waals surface area contributed by atoms with E-state index >= 15 is 0 Å². The molecule has 0 aliphatic carbocycles. The monoisotopic (exact) mass is 510 g/mol. The lowest BCUT2D eigenvalue weighted by molar-refractivity contribution is -0.0837. The molecule has 1 saturated heterocycles. The molecule has 0 aromatic heterocycles. The van der Waals surface area contributed by atoms with E-state index in [0.29, 0.717) is 29.5 Å². The predicted octanol–water partition coefficient (Wildman–Crippen LogP) is 4.51. The van der Waals surface area contributed by atoms with Crippen LogP contribution in [0.5, 0.6) is 0 Å². The van der Waals surface area contributed by atoms with Gasteiger partial charge in [0.05, 0.1) is 23.8 Å². The number of hydrogen-bond acceptors (Lipinski definition) is 5. The zero-order valence-corrected chi connectivity index (χ0v) is 19.1. The first kappa shape index (κ1) is 22.4. The van der Waals surface area contributed by atoms with Crippen LogP contribution in [0.4, 0.5) is 8.78 Å². The molecule has 31 heavy (non-hydrogen) atoms. The minimum absolute atomic E-state index is 0.0735. The highest BCUT2D eigenvalue weighted by Crippen LogP contribution is 2.47. The summed E-state index contributed by atoms with van der Waals surface area (Å²) in [5, 5.41) is 3.22. The third-order valence-corrected chi connectivity index (χ3v) is 7.21. The summed E-state index contributed by atoms with van der Waals surface area (Å²) >= 11 is 4.57. The number of hydrogen-bond donors (Lipinski definition) is 1. The van der Waals surface area contributed by atoms with Gasteiger partial charge in [0.25, 0.3) is 5.91 Å². The van der Waals surface area contributed by atoms with E-state index in [4.69, 9.17) is 14.5 Å². The van der Waals surface area contributed by atoms with Gasteiger partial charge in [-0.05, 0) is 40.5 Å². The molecule has 2 aromatic rings. The largest absolute Gasteiger partial charge is 0.382 e. The van der Waals surface area contributed by atoms with E-state index in [1.54, 1.807) is 31.4 Å². The lowest BCUT2D eigenvalue weighted by atomic mass is 9.75.